The standard InChI is InChI=1S/C20H26F3N3O2/c1-2-24-13-14-5-8-25(9-6-14)19(28)15-10-16(20(21,22)23)12-17(11-15)26-7-3-4-18(26)27/h10-12,14,24H,2-9,13H2,1H3. The van der Waals surface area contributed by atoms with Gasteiger partial charge in [0.15, 0.2) is 0 Å². The third-order valence-corrected chi connectivity index (χ3v) is 5.46. The zero-order valence-electron chi connectivity index (χ0n) is 16.0. The van der Waals surface area contributed by atoms with E-state index in [1.807, 2.05) is 6.92 Å². The van der Waals surface area contributed by atoms with Crippen LogP contribution in [0.1, 0.15) is 48.5 Å². The Morgan fingerprint density at radius 2 is 1.89 bits per heavy atom. The minimum atomic E-state index is -4.58. The predicted molar refractivity (Wildman–Crippen MR) is 100 cm³/mol. The fraction of sp³-hybridized carbons (Fsp3) is 0.600. The Balaban J connectivity index is 1.80. The van der Waals surface area contributed by atoms with Crippen molar-refractivity contribution in [2.45, 2.75) is 38.8 Å². The second-order valence-electron chi connectivity index (χ2n) is 7.46. The fourth-order valence-electron chi connectivity index (χ4n) is 3.85. The van der Waals surface area contributed by atoms with Crippen molar-refractivity contribution in [2.75, 3.05) is 37.6 Å². The molecule has 2 heterocycles. The molecule has 5 nitrogen and oxygen atoms in total. The van der Waals surface area contributed by atoms with Gasteiger partial charge in [-0.25, -0.2) is 0 Å². The molecular formula is C20H26F3N3O2. The Bertz CT molecular complexity index is 728. The number of hydrogen-bond acceptors (Lipinski definition) is 3. The first-order chi connectivity index (χ1) is 13.3. The lowest BCUT2D eigenvalue weighted by Gasteiger charge is -2.32. The van der Waals surface area contributed by atoms with Gasteiger partial charge in [-0.3, -0.25) is 9.59 Å². The van der Waals surface area contributed by atoms with E-state index in [9.17, 15) is 22.8 Å². The summed E-state index contributed by atoms with van der Waals surface area (Å²) in [7, 11) is 0. The number of likely N-dealkylation sites (tertiary alicyclic amines) is 1. The lowest BCUT2D eigenvalue weighted by atomic mass is 9.96. The maximum absolute atomic E-state index is 13.4. The third-order valence-electron chi connectivity index (χ3n) is 5.46. The number of amides is 2. The van der Waals surface area contributed by atoms with Crippen molar-refractivity contribution in [2.24, 2.45) is 5.92 Å². The van der Waals surface area contributed by atoms with Gasteiger partial charge < -0.3 is 15.1 Å². The Hall–Kier alpha value is -2.09. The van der Waals surface area contributed by atoms with Gasteiger partial charge in [-0.1, -0.05) is 6.92 Å². The molecule has 2 fully saturated rings. The number of piperidine rings is 1. The van der Waals surface area contributed by atoms with E-state index in [1.165, 1.54) is 11.0 Å². The average Bonchev–Trinajstić information content (AvgIpc) is 3.11. The van der Waals surface area contributed by atoms with E-state index < -0.39 is 17.6 Å². The highest BCUT2D eigenvalue weighted by Crippen LogP contribution is 2.34. The summed E-state index contributed by atoms with van der Waals surface area (Å²) < 4.78 is 40.1. The highest BCUT2D eigenvalue weighted by molar-refractivity contribution is 5.99. The third kappa shape index (κ3) is 4.66. The number of carbonyl (C=O) groups excluding carboxylic acids is 2. The van der Waals surface area contributed by atoms with Gasteiger partial charge in [-0.05, 0) is 56.5 Å². The van der Waals surface area contributed by atoms with E-state index in [0.29, 0.717) is 38.4 Å². The quantitative estimate of drug-likeness (QED) is 0.830. The summed E-state index contributed by atoms with van der Waals surface area (Å²) in [6.45, 7) is 5.26. The van der Waals surface area contributed by atoms with Gasteiger partial charge in [-0.2, -0.15) is 13.2 Å². The van der Waals surface area contributed by atoms with Crippen molar-refractivity contribution in [1.29, 1.82) is 0 Å². The molecule has 28 heavy (non-hydrogen) atoms. The molecule has 0 radical (unpaired) electrons. The molecule has 0 saturated carbocycles. The molecule has 2 aliphatic heterocycles. The first-order valence-corrected chi connectivity index (χ1v) is 9.82. The summed E-state index contributed by atoms with van der Waals surface area (Å²) in [5.74, 6) is -0.133. The maximum atomic E-state index is 13.4. The average molecular weight is 397 g/mol. The van der Waals surface area contributed by atoms with E-state index in [1.54, 1.807) is 4.90 Å². The summed E-state index contributed by atoms with van der Waals surface area (Å²) in [6, 6.07) is 3.28. The Morgan fingerprint density at radius 3 is 2.46 bits per heavy atom. The summed E-state index contributed by atoms with van der Waals surface area (Å²) in [6.07, 6.45) is -1.99. The van der Waals surface area contributed by atoms with Crippen molar-refractivity contribution in [3.8, 4) is 0 Å². The fourth-order valence-corrected chi connectivity index (χ4v) is 3.85. The van der Waals surface area contributed by atoms with Crippen LogP contribution in [0.15, 0.2) is 18.2 Å². The minimum absolute atomic E-state index is 0.00495. The molecule has 1 aromatic rings. The molecule has 1 N–H and O–H groups in total. The van der Waals surface area contributed by atoms with Crippen LogP contribution in [-0.2, 0) is 11.0 Å². The molecule has 0 atom stereocenters. The van der Waals surface area contributed by atoms with Crippen LogP contribution < -0.4 is 10.2 Å². The summed E-state index contributed by atoms with van der Waals surface area (Å²) in [5, 5.41) is 3.29. The second kappa shape index (κ2) is 8.51. The number of anilines is 1. The number of alkyl halides is 3. The van der Waals surface area contributed by atoms with E-state index in [-0.39, 0.29) is 17.2 Å². The molecule has 2 saturated heterocycles. The molecule has 8 heteroatoms. The second-order valence-corrected chi connectivity index (χ2v) is 7.46. The normalized spacial score (nSPS) is 18.8. The summed E-state index contributed by atoms with van der Waals surface area (Å²) in [5.41, 5.74) is -0.743. The topological polar surface area (TPSA) is 52.7 Å². The first-order valence-electron chi connectivity index (χ1n) is 9.82. The zero-order valence-corrected chi connectivity index (χ0v) is 16.0. The van der Waals surface area contributed by atoms with Crippen LogP contribution in [0, 0.1) is 5.92 Å². The number of carbonyl (C=O) groups is 2. The number of nitrogens with one attached hydrogen (secondary N) is 1. The van der Waals surface area contributed by atoms with Crippen molar-refractivity contribution in [3.05, 3.63) is 29.3 Å². The van der Waals surface area contributed by atoms with Gasteiger partial charge in [0.05, 0.1) is 5.56 Å². The van der Waals surface area contributed by atoms with Crippen molar-refractivity contribution in [3.63, 3.8) is 0 Å². The van der Waals surface area contributed by atoms with Crippen LogP contribution in [0.25, 0.3) is 0 Å². The Labute approximate surface area is 162 Å². The van der Waals surface area contributed by atoms with Gasteiger partial charge in [0.2, 0.25) is 5.91 Å². The highest BCUT2D eigenvalue weighted by Gasteiger charge is 2.34. The lowest BCUT2D eigenvalue weighted by molar-refractivity contribution is -0.137. The minimum Gasteiger partial charge on any atom is -0.339 e. The van der Waals surface area contributed by atoms with E-state index >= 15 is 0 Å². The van der Waals surface area contributed by atoms with E-state index in [4.69, 9.17) is 0 Å². The number of halogens is 3. The molecule has 2 aliphatic rings. The van der Waals surface area contributed by atoms with Gasteiger partial charge >= 0.3 is 6.18 Å². The molecule has 0 bridgehead atoms. The summed E-state index contributed by atoms with van der Waals surface area (Å²) in [4.78, 5) is 27.8. The Kier molecular flexibility index (Phi) is 6.27. The molecule has 1 aromatic carbocycles. The SMILES string of the molecule is CCNCC1CCN(C(=O)c2cc(N3CCCC3=O)cc(C(F)(F)F)c2)CC1. The van der Waals surface area contributed by atoms with E-state index in [2.05, 4.69) is 5.32 Å². The number of benzene rings is 1. The van der Waals surface area contributed by atoms with Crippen LogP contribution in [0.2, 0.25) is 0 Å². The smallest absolute Gasteiger partial charge is 0.339 e. The predicted octanol–water partition coefficient (Wildman–Crippen LogP) is 3.29. The number of nitrogens with zero attached hydrogens (tertiary/aromatic N) is 2. The number of rotatable bonds is 5. The van der Waals surface area contributed by atoms with Crippen LogP contribution >= 0.6 is 0 Å². The summed E-state index contributed by atoms with van der Waals surface area (Å²) >= 11 is 0. The molecular weight excluding hydrogens is 371 g/mol. The first kappa shape index (κ1) is 20.6. The van der Waals surface area contributed by atoms with Gasteiger partial charge in [-0.15, -0.1) is 0 Å². The van der Waals surface area contributed by atoms with Crippen molar-refractivity contribution in [1.82, 2.24) is 10.2 Å². The Morgan fingerprint density at radius 1 is 1.18 bits per heavy atom. The molecule has 154 valence electrons. The molecule has 0 spiro atoms. The van der Waals surface area contributed by atoms with Gasteiger partial charge in [0, 0.05) is 37.3 Å². The largest absolute Gasteiger partial charge is 0.416 e. The molecule has 3 rings (SSSR count). The van der Waals surface area contributed by atoms with Crippen LogP contribution in [0.3, 0.4) is 0 Å². The molecule has 0 aliphatic carbocycles. The van der Waals surface area contributed by atoms with Gasteiger partial charge in [0.1, 0.15) is 0 Å². The van der Waals surface area contributed by atoms with Gasteiger partial charge in [0.25, 0.3) is 5.91 Å². The lowest BCUT2D eigenvalue weighted by Crippen LogP contribution is -2.41. The van der Waals surface area contributed by atoms with E-state index in [0.717, 1.165) is 38.1 Å². The van der Waals surface area contributed by atoms with Crippen LogP contribution in [0.4, 0.5) is 18.9 Å². The van der Waals surface area contributed by atoms with Crippen molar-refractivity contribution >= 4 is 17.5 Å². The maximum Gasteiger partial charge on any atom is 0.416 e. The molecule has 0 unspecified atom stereocenters. The molecule has 0 aromatic heterocycles. The number of hydrogen-bond donors (Lipinski definition) is 1. The monoisotopic (exact) mass is 397 g/mol. The van der Waals surface area contributed by atoms with Crippen molar-refractivity contribution < 1.29 is 22.8 Å². The van der Waals surface area contributed by atoms with Crippen LogP contribution in [0.5, 0.6) is 0 Å². The van der Waals surface area contributed by atoms with Crippen LogP contribution in [-0.4, -0.2) is 49.4 Å². The molecule has 2 amide bonds. The highest BCUT2D eigenvalue weighted by atomic mass is 19.4. The zero-order chi connectivity index (χ0) is 20.3.